The number of sulfonamides is 1. The molecule has 0 amide bonds. The highest BCUT2D eigenvalue weighted by molar-refractivity contribution is 7.92. The second-order valence-electron chi connectivity index (χ2n) is 4.49. The van der Waals surface area contributed by atoms with E-state index in [0.717, 1.165) is 6.26 Å². The zero-order chi connectivity index (χ0) is 16.2. The topological polar surface area (TPSA) is 73.9 Å². The van der Waals surface area contributed by atoms with Gasteiger partial charge in [-0.25, -0.2) is 8.42 Å². The number of para-hydroxylation sites is 2. The normalized spacial score (nSPS) is 10.9. The molecule has 118 valence electrons. The first-order valence-electron chi connectivity index (χ1n) is 6.39. The molecule has 0 bridgehead atoms. The molecular weight excluding hydrogens is 306 g/mol. The van der Waals surface area contributed by atoms with Crippen LogP contribution in [0.25, 0.3) is 0 Å². The summed E-state index contributed by atoms with van der Waals surface area (Å²) in [7, 11) is -0.416. The Balaban J connectivity index is 2.41. The van der Waals surface area contributed by atoms with Crippen LogP contribution in [0.2, 0.25) is 0 Å². The third-order valence-electron chi connectivity index (χ3n) is 2.77. The van der Waals surface area contributed by atoms with Gasteiger partial charge in [0, 0.05) is 6.07 Å². The van der Waals surface area contributed by atoms with Crippen molar-refractivity contribution in [2.45, 2.75) is 0 Å². The Hall–Kier alpha value is -2.41. The van der Waals surface area contributed by atoms with E-state index in [2.05, 4.69) is 4.72 Å². The molecule has 0 heterocycles. The number of anilines is 1. The number of hydrogen-bond acceptors (Lipinski definition) is 5. The molecule has 22 heavy (non-hydrogen) atoms. The van der Waals surface area contributed by atoms with Crippen molar-refractivity contribution in [1.82, 2.24) is 0 Å². The Bertz CT molecular complexity index is 758. The lowest BCUT2D eigenvalue weighted by Crippen LogP contribution is -2.10. The summed E-state index contributed by atoms with van der Waals surface area (Å²) in [6, 6.07) is 11.9. The molecule has 0 aliphatic carbocycles. The number of ether oxygens (including phenoxy) is 3. The molecule has 0 saturated heterocycles. The Morgan fingerprint density at radius 2 is 1.59 bits per heavy atom. The lowest BCUT2D eigenvalue weighted by atomic mass is 10.2. The highest BCUT2D eigenvalue weighted by atomic mass is 32.2. The number of nitrogens with one attached hydrogen (secondary N) is 1. The summed E-state index contributed by atoms with van der Waals surface area (Å²) in [6.07, 6.45) is 1.07. The quantitative estimate of drug-likeness (QED) is 0.885. The van der Waals surface area contributed by atoms with Gasteiger partial charge in [0.25, 0.3) is 0 Å². The fourth-order valence-corrected chi connectivity index (χ4v) is 2.39. The van der Waals surface area contributed by atoms with Crippen LogP contribution in [-0.4, -0.2) is 28.9 Å². The van der Waals surface area contributed by atoms with Crippen molar-refractivity contribution in [3.63, 3.8) is 0 Å². The van der Waals surface area contributed by atoms with Crippen molar-refractivity contribution in [3.05, 3.63) is 42.5 Å². The van der Waals surface area contributed by atoms with Crippen LogP contribution in [0.4, 0.5) is 5.69 Å². The summed E-state index contributed by atoms with van der Waals surface area (Å²) in [5.41, 5.74) is 0.285. The molecule has 0 aliphatic rings. The van der Waals surface area contributed by atoms with Gasteiger partial charge >= 0.3 is 0 Å². The molecule has 1 N–H and O–H groups in total. The molecule has 2 aromatic carbocycles. The smallest absolute Gasteiger partial charge is 0.229 e. The van der Waals surface area contributed by atoms with Gasteiger partial charge in [-0.05, 0) is 24.3 Å². The number of hydrogen-bond donors (Lipinski definition) is 1. The second-order valence-corrected chi connectivity index (χ2v) is 6.24. The largest absolute Gasteiger partial charge is 0.497 e. The summed E-state index contributed by atoms with van der Waals surface area (Å²) in [5, 5.41) is 0. The molecule has 0 radical (unpaired) electrons. The molecular formula is C15H17NO5S. The number of rotatable bonds is 6. The molecule has 0 unspecified atom stereocenters. The van der Waals surface area contributed by atoms with Gasteiger partial charge in [0.05, 0.1) is 26.2 Å². The van der Waals surface area contributed by atoms with Gasteiger partial charge in [0.15, 0.2) is 17.2 Å². The van der Waals surface area contributed by atoms with E-state index in [-0.39, 0.29) is 5.69 Å². The summed E-state index contributed by atoms with van der Waals surface area (Å²) >= 11 is 0. The van der Waals surface area contributed by atoms with Crippen LogP contribution < -0.4 is 18.9 Å². The van der Waals surface area contributed by atoms with E-state index in [4.69, 9.17) is 14.2 Å². The van der Waals surface area contributed by atoms with Crippen molar-refractivity contribution in [3.8, 4) is 23.0 Å². The maximum absolute atomic E-state index is 11.5. The maximum Gasteiger partial charge on any atom is 0.229 e. The second kappa shape index (κ2) is 6.57. The SMILES string of the molecule is COc1ccc(Oc2ccccc2OC)c(NS(C)(=O)=O)c1. The molecule has 6 nitrogen and oxygen atoms in total. The van der Waals surface area contributed by atoms with E-state index in [1.54, 1.807) is 36.4 Å². The van der Waals surface area contributed by atoms with Crippen LogP contribution >= 0.6 is 0 Å². The molecule has 2 aromatic rings. The fraction of sp³-hybridized carbons (Fsp3) is 0.200. The van der Waals surface area contributed by atoms with Crippen molar-refractivity contribution in [1.29, 1.82) is 0 Å². The van der Waals surface area contributed by atoms with Gasteiger partial charge in [-0.3, -0.25) is 4.72 Å². The molecule has 7 heteroatoms. The van der Waals surface area contributed by atoms with Gasteiger partial charge in [-0.15, -0.1) is 0 Å². The van der Waals surface area contributed by atoms with Gasteiger partial charge in [0.1, 0.15) is 5.75 Å². The van der Waals surface area contributed by atoms with E-state index in [1.165, 1.54) is 14.2 Å². The van der Waals surface area contributed by atoms with Crippen LogP contribution in [-0.2, 0) is 10.0 Å². The van der Waals surface area contributed by atoms with Crippen LogP contribution in [0.5, 0.6) is 23.0 Å². The lowest BCUT2D eigenvalue weighted by molar-refractivity contribution is 0.378. The molecule has 0 aromatic heterocycles. The maximum atomic E-state index is 11.5. The molecule has 0 saturated carbocycles. The van der Waals surface area contributed by atoms with Gasteiger partial charge in [-0.1, -0.05) is 12.1 Å². The van der Waals surface area contributed by atoms with Gasteiger partial charge in [0.2, 0.25) is 10.0 Å². The average molecular weight is 323 g/mol. The zero-order valence-electron chi connectivity index (χ0n) is 12.5. The Kier molecular flexibility index (Phi) is 4.77. The monoisotopic (exact) mass is 323 g/mol. The van der Waals surface area contributed by atoms with Crippen LogP contribution in [0.3, 0.4) is 0 Å². The summed E-state index contributed by atoms with van der Waals surface area (Å²) in [6.45, 7) is 0. The third-order valence-corrected chi connectivity index (χ3v) is 3.36. The zero-order valence-corrected chi connectivity index (χ0v) is 13.3. The Morgan fingerprint density at radius 3 is 2.18 bits per heavy atom. The Labute approximate surface area is 129 Å². The third kappa shape index (κ3) is 4.05. The van der Waals surface area contributed by atoms with E-state index in [9.17, 15) is 8.42 Å². The van der Waals surface area contributed by atoms with Crippen molar-refractivity contribution >= 4 is 15.7 Å². The average Bonchev–Trinajstić information content (AvgIpc) is 2.48. The lowest BCUT2D eigenvalue weighted by Gasteiger charge is -2.15. The summed E-state index contributed by atoms with van der Waals surface area (Å²) in [5.74, 6) is 1.88. The molecule has 2 rings (SSSR count). The fourth-order valence-electron chi connectivity index (χ4n) is 1.83. The van der Waals surface area contributed by atoms with E-state index in [0.29, 0.717) is 23.0 Å². The summed E-state index contributed by atoms with van der Waals surface area (Å²) in [4.78, 5) is 0. The van der Waals surface area contributed by atoms with Crippen molar-refractivity contribution in [2.24, 2.45) is 0 Å². The van der Waals surface area contributed by atoms with Gasteiger partial charge < -0.3 is 14.2 Å². The predicted molar refractivity (Wildman–Crippen MR) is 84.5 cm³/mol. The van der Waals surface area contributed by atoms with Crippen molar-refractivity contribution < 1.29 is 22.6 Å². The van der Waals surface area contributed by atoms with E-state index in [1.807, 2.05) is 6.07 Å². The number of methoxy groups -OCH3 is 2. The van der Waals surface area contributed by atoms with E-state index >= 15 is 0 Å². The Morgan fingerprint density at radius 1 is 0.909 bits per heavy atom. The highest BCUT2D eigenvalue weighted by Crippen LogP contribution is 2.37. The minimum absolute atomic E-state index is 0.285. The first-order valence-corrected chi connectivity index (χ1v) is 8.29. The summed E-state index contributed by atoms with van der Waals surface area (Å²) < 4.78 is 41.5. The molecule has 0 fully saturated rings. The van der Waals surface area contributed by atoms with E-state index < -0.39 is 10.0 Å². The number of benzene rings is 2. The van der Waals surface area contributed by atoms with Crippen LogP contribution in [0.15, 0.2) is 42.5 Å². The first kappa shape index (κ1) is 16.0. The molecule has 0 aliphatic heterocycles. The van der Waals surface area contributed by atoms with Gasteiger partial charge in [-0.2, -0.15) is 0 Å². The molecule has 0 spiro atoms. The van der Waals surface area contributed by atoms with Crippen LogP contribution in [0, 0.1) is 0 Å². The van der Waals surface area contributed by atoms with Crippen molar-refractivity contribution in [2.75, 3.05) is 25.2 Å². The predicted octanol–water partition coefficient (Wildman–Crippen LogP) is 2.87. The highest BCUT2D eigenvalue weighted by Gasteiger charge is 2.13. The molecule has 0 atom stereocenters. The first-order chi connectivity index (χ1) is 10.4. The minimum atomic E-state index is -3.45. The minimum Gasteiger partial charge on any atom is -0.497 e. The standard InChI is InChI=1S/C15H17NO5S/c1-19-11-8-9-13(12(10-11)16-22(3,17)18)21-15-7-5-4-6-14(15)20-2/h4-10,16H,1-3H3. The van der Waals surface area contributed by atoms with Crippen LogP contribution in [0.1, 0.15) is 0 Å².